The maximum atomic E-state index is 12.3. The van der Waals surface area contributed by atoms with Crippen LogP contribution >= 0.6 is 0 Å². The zero-order chi connectivity index (χ0) is 19.5. The lowest BCUT2D eigenvalue weighted by atomic mass is 10.1. The maximum Gasteiger partial charge on any atom is 0.330 e. The largest absolute Gasteiger partial charge is 0.506 e. The molecule has 1 aromatic heterocycles. The molecule has 0 atom stereocenters. The first-order valence-corrected chi connectivity index (χ1v) is 8.22. The molecule has 27 heavy (non-hydrogen) atoms. The summed E-state index contributed by atoms with van der Waals surface area (Å²) >= 11 is 0. The smallest absolute Gasteiger partial charge is 0.330 e. The summed E-state index contributed by atoms with van der Waals surface area (Å²) < 4.78 is 4.83. The Morgan fingerprint density at radius 1 is 1.19 bits per heavy atom. The lowest BCUT2D eigenvalue weighted by molar-refractivity contribution is -0.137. The van der Waals surface area contributed by atoms with Crippen LogP contribution in [0.1, 0.15) is 16.8 Å². The van der Waals surface area contributed by atoms with Crippen molar-refractivity contribution >= 4 is 11.9 Å². The average molecular weight is 368 g/mol. The van der Waals surface area contributed by atoms with Gasteiger partial charge in [0.05, 0.1) is 6.61 Å². The molecule has 140 valence electrons. The molecule has 8 heteroatoms. The van der Waals surface area contributed by atoms with Crippen LogP contribution in [0.25, 0.3) is 5.69 Å². The molecule has 2 rings (SSSR count). The van der Waals surface area contributed by atoms with Gasteiger partial charge in [0.15, 0.2) is 0 Å². The highest BCUT2D eigenvalue weighted by molar-refractivity contribution is 5.95. The van der Waals surface area contributed by atoms with E-state index in [-0.39, 0.29) is 24.0 Å². The topological polar surface area (TPSA) is 106 Å². The molecule has 0 saturated carbocycles. The van der Waals surface area contributed by atoms with Crippen LogP contribution in [-0.4, -0.2) is 45.1 Å². The third kappa shape index (κ3) is 6.28. The lowest BCUT2D eigenvalue weighted by Gasteiger charge is -2.09. The molecule has 0 aliphatic carbocycles. The van der Waals surface area contributed by atoms with Crippen LogP contribution in [0.4, 0.5) is 0 Å². The van der Waals surface area contributed by atoms with Crippen LogP contribution in [0.5, 0.6) is 5.75 Å². The number of esters is 1. The van der Waals surface area contributed by atoms with Crippen molar-refractivity contribution in [2.75, 3.05) is 13.2 Å². The van der Waals surface area contributed by atoms with Crippen LogP contribution in [0.2, 0.25) is 0 Å². The molecule has 0 unspecified atom stereocenters. The minimum Gasteiger partial charge on any atom is -0.506 e. The van der Waals surface area contributed by atoms with Gasteiger partial charge in [-0.1, -0.05) is 18.7 Å². The Balaban J connectivity index is 2.08. The van der Waals surface area contributed by atoms with E-state index in [0.29, 0.717) is 18.5 Å². The summed E-state index contributed by atoms with van der Waals surface area (Å²) in [7, 11) is 0. The molecule has 0 spiro atoms. The minimum absolute atomic E-state index is 0.0654. The molecular formula is C19H20N4O4. The van der Waals surface area contributed by atoms with Gasteiger partial charge in [-0.05, 0) is 36.8 Å². The van der Waals surface area contributed by atoms with Gasteiger partial charge in [0.25, 0.3) is 5.91 Å². The molecule has 1 amide bonds. The third-order valence-corrected chi connectivity index (χ3v) is 3.33. The first-order valence-electron chi connectivity index (χ1n) is 8.22. The number of amides is 1. The van der Waals surface area contributed by atoms with Crippen molar-refractivity contribution in [3.8, 4) is 11.4 Å². The van der Waals surface area contributed by atoms with Crippen LogP contribution in [0.3, 0.4) is 0 Å². The standard InChI is InChI=1S/C19H20N4O4/c1-2-18(25)27-13-7-10-20-19(26)15-8-9-17(24)16(14-15)23-21-11-5-3-4-6-12-22-23/h2-6,8-9,11-12,14,24H,1,7,10,13H2,(H,20,26). The highest BCUT2D eigenvalue weighted by Gasteiger charge is 2.11. The number of nitrogens with one attached hydrogen (secondary N) is 1. The van der Waals surface area contributed by atoms with Gasteiger partial charge >= 0.3 is 5.97 Å². The van der Waals surface area contributed by atoms with Crippen molar-refractivity contribution in [3.05, 3.63) is 73.1 Å². The molecule has 0 fully saturated rings. The van der Waals surface area contributed by atoms with E-state index in [9.17, 15) is 14.7 Å². The van der Waals surface area contributed by atoms with E-state index in [1.807, 2.05) is 0 Å². The van der Waals surface area contributed by atoms with E-state index in [1.165, 1.54) is 35.4 Å². The molecule has 2 N–H and O–H groups in total. The first-order chi connectivity index (χ1) is 13.1. The number of nitrogens with zero attached hydrogens (tertiary/aromatic N) is 3. The van der Waals surface area contributed by atoms with Crippen LogP contribution in [0.15, 0.2) is 67.5 Å². The van der Waals surface area contributed by atoms with Crippen LogP contribution < -0.4 is 5.32 Å². The Hall–Kier alpha value is -3.68. The van der Waals surface area contributed by atoms with E-state index in [4.69, 9.17) is 4.74 Å². The number of aromatic nitrogens is 3. The number of aromatic hydroxyl groups is 1. The van der Waals surface area contributed by atoms with Crippen molar-refractivity contribution in [2.24, 2.45) is 0 Å². The Kier molecular flexibility index (Phi) is 7.52. The number of benzene rings is 1. The summed E-state index contributed by atoms with van der Waals surface area (Å²) in [6.07, 6.45) is 4.59. The summed E-state index contributed by atoms with van der Waals surface area (Å²) in [6.45, 7) is 3.81. The minimum atomic E-state index is -0.501. The molecule has 2 aromatic rings. The van der Waals surface area contributed by atoms with Crippen LogP contribution in [0, 0.1) is 0 Å². The maximum absolute atomic E-state index is 12.3. The summed E-state index contributed by atoms with van der Waals surface area (Å²) in [5.41, 5.74) is 0.598. The number of rotatable bonds is 7. The number of carbonyl (C=O) groups is 2. The van der Waals surface area contributed by atoms with Crippen molar-refractivity contribution in [3.63, 3.8) is 0 Å². The number of phenols is 1. The zero-order valence-electron chi connectivity index (χ0n) is 14.6. The molecule has 0 saturated heterocycles. The third-order valence-electron chi connectivity index (χ3n) is 3.33. The van der Waals surface area contributed by atoms with E-state index >= 15 is 0 Å². The van der Waals surface area contributed by atoms with Gasteiger partial charge in [0.1, 0.15) is 11.4 Å². The fraction of sp³-hybridized carbons (Fsp3) is 0.158. The molecule has 1 aromatic carbocycles. The van der Waals surface area contributed by atoms with Crippen molar-refractivity contribution in [2.45, 2.75) is 6.42 Å². The van der Waals surface area contributed by atoms with Crippen LogP contribution in [-0.2, 0) is 9.53 Å². The molecule has 0 radical (unpaired) electrons. The molecule has 1 heterocycles. The Bertz CT molecular complexity index is 838. The monoisotopic (exact) mass is 368 g/mol. The van der Waals surface area contributed by atoms with Crippen molar-refractivity contribution in [1.82, 2.24) is 20.3 Å². The lowest BCUT2D eigenvalue weighted by Crippen LogP contribution is -2.25. The van der Waals surface area contributed by atoms with Gasteiger partial charge < -0.3 is 15.2 Å². The number of phenolic OH excluding ortho intramolecular Hbond substituents is 1. The summed E-state index contributed by atoms with van der Waals surface area (Å²) in [5.74, 6) is -0.896. The summed E-state index contributed by atoms with van der Waals surface area (Å²) in [5, 5.41) is 21.1. The first kappa shape index (κ1) is 19.6. The Morgan fingerprint density at radius 2 is 1.89 bits per heavy atom. The summed E-state index contributed by atoms with van der Waals surface area (Å²) in [6, 6.07) is 11.4. The van der Waals surface area contributed by atoms with E-state index in [2.05, 4.69) is 22.1 Å². The number of ether oxygens (including phenoxy) is 1. The van der Waals surface area contributed by atoms with Gasteiger partial charge in [-0.3, -0.25) is 4.79 Å². The van der Waals surface area contributed by atoms with E-state index in [1.54, 1.807) is 24.3 Å². The molecule has 0 bridgehead atoms. The second kappa shape index (κ2) is 10.3. The highest BCUT2D eigenvalue weighted by atomic mass is 16.5. The van der Waals surface area contributed by atoms with Crippen molar-refractivity contribution in [1.29, 1.82) is 0 Å². The molecule has 0 aliphatic heterocycles. The normalized spacial score (nSPS) is 9.78. The SMILES string of the molecule is C=CC(=O)OCCCNC(=O)c1ccc(O)c(-n2nccccccn2)c1. The summed E-state index contributed by atoms with van der Waals surface area (Å²) in [4.78, 5) is 24.4. The number of hydrogen-bond donors (Lipinski definition) is 2. The molecule has 8 nitrogen and oxygen atoms in total. The highest BCUT2D eigenvalue weighted by Crippen LogP contribution is 2.21. The van der Waals surface area contributed by atoms with Gasteiger partial charge in [0, 0.05) is 30.6 Å². The van der Waals surface area contributed by atoms with Crippen molar-refractivity contribution < 1.29 is 19.4 Å². The van der Waals surface area contributed by atoms with Gasteiger partial charge in [0.2, 0.25) is 0 Å². The van der Waals surface area contributed by atoms with Gasteiger partial charge in [-0.25, -0.2) is 4.79 Å². The molecule has 0 aliphatic rings. The number of hydrogen-bond acceptors (Lipinski definition) is 6. The quantitative estimate of drug-likeness (QED) is 0.439. The van der Waals surface area contributed by atoms with Gasteiger partial charge in [-0.2, -0.15) is 10.2 Å². The second-order valence-corrected chi connectivity index (χ2v) is 5.27. The molecular weight excluding hydrogens is 348 g/mol. The average Bonchev–Trinajstić information content (AvgIpc) is 2.81. The number of carbonyl (C=O) groups excluding carboxylic acids is 2. The van der Waals surface area contributed by atoms with Gasteiger partial charge in [-0.15, -0.1) is 4.80 Å². The predicted molar refractivity (Wildman–Crippen MR) is 98.8 cm³/mol. The fourth-order valence-electron chi connectivity index (χ4n) is 2.02. The van der Waals surface area contributed by atoms with E-state index in [0.717, 1.165) is 6.08 Å². The zero-order valence-corrected chi connectivity index (χ0v) is 14.6. The second-order valence-electron chi connectivity index (χ2n) is 5.27. The van der Waals surface area contributed by atoms with E-state index < -0.39 is 5.97 Å². The Morgan fingerprint density at radius 3 is 2.56 bits per heavy atom. The Labute approximate surface area is 156 Å². The predicted octanol–water partition coefficient (Wildman–Crippen LogP) is 1.95. The fourth-order valence-corrected chi connectivity index (χ4v) is 2.02.